The first-order valence-corrected chi connectivity index (χ1v) is 6.01. The first-order valence-electron chi connectivity index (χ1n) is 5.05. The van der Waals surface area contributed by atoms with E-state index in [-0.39, 0.29) is 5.41 Å². The van der Waals surface area contributed by atoms with E-state index >= 15 is 0 Å². The molecule has 0 bridgehead atoms. The van der Waals surface area contributed by atoms with Gasteiger partial charge in [-0.05, 0) is 20.3 Å². The maximum atomic E-state index is 4.61. The highest BCUT2D eigenvalue weighted by molar-refractivity contribution is 7.29. The van der Waals surface area contributed by atoms with Crippen molar-refractivity contribution in [2.24, 2.45) is 0 Å². The number of benzene rings is 1. The molecule has 15 heavy (non-hydrogen) atoms. The molecule has 3 heteroatoms. The Morgan fingerprint density at radius 2 is 1.80 bits per heavy atom. The van der Waals surface area contributed by atoms with E-state index in [0.717, 1.165) is 5.69 Å². The lowest BCUT2D eigenvalue weighted by atomic mass is 9.98. The van der Waals surface area contributed by atoms with Gasteiger partial charge in [0.15, 0.2) is 0 Å². The second kappa shape index (κ2) is 3.79. The average Bonchev–Trinajstić information content (AvgIpc) is 2.67. The van der Waals surface area contributed by atoms with Crippen LogP contribution in [0.25, 0.3) is 5.69 Å². The van der Waals surface area contributed by atoms with E-state index < -0.39 is 0 Å². The summed E-state index contributed by atoms with van der Waals surface area (Å²) in [6.07, 6.45) is 0. The van der Waals surface area contributed by atoms with Crippen LogP contribution in [0.5, 0.6) is 0 Å². The second-order valence-electron chi connectivity index (χ2n) is 4.60. The number of rotatable bonds is 1. The lowest BCUT2D eigenvalue weighted by Crippen LogP contribution is -2.11. The largest absolute Gasteiger partial charge is 0.236 e. The molecule has 0 aliphatic heterocycles. The minimum Gasteiger partial charge on any atom is -0.236 e. The fourth-order valence-corrected chi connectivity index (χ4v) is 2.25. The van der Waals surface area contributed by atoms with Gasteiger partial charge in [0.05, 0.1) is 17.0 Å². The van der Waals surface area contributed by atoms with Gasteiger partial charge in [0, 0.05) is 5.41 Å². The molecule has 2 rings (SSSR count). The zero-order chi connectivity index (χ0) is 10.9. The summed E-state index contributed by atoms with van der Waals surface area (Å²) in [5, 5.41) is 4.61. The molecule has 1 aromatic carbocycles. The van der Waals surface area contributed by atoms with Crippen molar-refractivity contribution in [1.82, 2.24) is 9.78 Å². The zero-order valence-corrected chi connectivity index (χ0v) is 10.2. The highest BCUT2D eigenvalue weighted by atomic mass is 31.0. The van der Waals surface area contributed by atoms with Crippen LogP contribution in [-0.2, 0) is 5.41 Å². The van der Waals surface area contributed by atoms with Crippen LogP contribution in [0.3, 0.4) is 0 Å². The molecule has 0 saturated carbocycles. The predicted octanol–water partition coefficient (Wildman–Crippen LogP) is 3.75. The Hall–Kier alpha value is -1.14. The highest BCUT2D eigenvalue weighted by Gasteiger charge is 2.17. The molecule has 1 heterocycles. The third-order valence-electron chi connectivity index (χ3n) is 2.18. The van der Waals surface area contributed by atoms with Gasteiger partial charge in [-0.1, -0.05) is 39.0 Å². The van der Waals surface area contributed by atoms with E-state index in [1.807, 2.05) is 22.9 Å². The molecule has 1 aromatic heterocycles. The number of aromatic nitrogens is 2. The van der Waals surface area contributed by atoms with E-state index in [2.05, 4.69) is 43.9 Å². The van der Waals surface area contributed by atoms with Gasteiger partial charge >= 0.3 is 0 Å². The summed E-state index contributed by atoms with van der Waals surface area (Å²) in [7, 11) is 1.21. The molecule has 0 aliphatic rings. The molecule has 2 nitrogen and oxygen atoms in total. The third kappa shape index (κ3) is 2.27. The van der Waals surface area contributed by atoms with Crippen molar-refractivity contribution >= 4 is 8.19 Å². The Morgan fingerprint density at radius 1 is 1.13 bits per heavy atom. The molecule has 0 amide bonds. The van der Waals surface area contributed by atoms with Crippen molar-refractivity contribution in [1.29, 1.82) is 0 Å². The Kier molecular flexibility index (Phi) is 2.62. The molecule has 0 N–H and O–H groups in total. The van der Waals surface area contributed by atoms with Crippen molar-refractivity contribution in [2.75, 3.05) is 0 Å². The standard InChI is InChI=1S/C12H15N2P/c1-12(2,3)11-13-14(9-15-11)10-7-5-4-6-8-10/h4-9H,1-3H3. The molecule has 0 unspecified atom stereocenters. The highest BCUT2D eigenvalue weighted by Crippen LogP contribution is 2.28. The van der Waals surface area contributed by atoms with Crippen LogP contribution >= 0.6 is 8.19 Å². The number of nitrogens with zero attached hydrogens (tertiary/aromatic N) is 2. The molecule has 0 radical (unpaired) electrons. The summed E-state index contributed by atoms with van der Waals surface area (Å²) in [6.45, 7) is 6.59. The Labute approximate surface area is 92.1 Å². The first kappa shape index (κ1) is 10.4. The Morgan fingerprint density at radius 3 is 2.33 bits per heavy atom. The molecule has 0 fully saturated rings. The molecule has 0 aliphatic carbocycles. The van der Waals surface area contributed by atoms with Gasteiger partial charge in [0.1, 0.15) is 0 Å². The van der Waals surface area contributed by atoms with Gasteiger partial charge in [-0.2, -0.15) is 5.10 Å². The van der Waals surface area contributed by atoms with E-state index in [9.17, 15) is 0 Å². The van der Waals surface area contributed by atoms with Crippen molar-refractivity contribution in [3.63, 3.8) is 0 Å². The van der Waals surface area contributed by atoms with E-state index in [1.165, 1.54) is 13.6 Å². The van der Waals surface area contributed by atoms with Crippen molar-refractivity contribution < 1.29 is 0 Å². The fraction of sp³-hybridized carbons (Fsp3) is 0.333. The second-order valence-corrected chi connectivity index (χ2v) is 5.51. The van der Waals surface area contributed by atoms with E-state index in [1.54, 1.807) is 0 Å². The maximum Gasteiger partial charge on any atom is 0.0948 e. The van der Waals surface area contributed by atoms with Crippen LogP contribution in [0.2, 0.25) is 0 Å². The lowest BCUT2D eigenvalue weighted by Gasteiger charge is -2.13. The summed E-state index contributed by atoms with van der Waals surface area (Å²) in [5.41, 5.74) is 2.50. The first-order chi connectivity index (χ1) is 7.07. The molecular formula is C12H15N2P. The smallest absolute Gasteiger partial charge is 0.0948 e. The van der Waals surface area contributed by atoms with Gasteiger partial charge in [-0.3, -0.25) is 0 Å². The molecule has 0 saturated heterocycles. The van der Waals surface area contributed by atoms with Crippen LogP contribution in [0.15, 0.2) is 36.3 Å². The quantitative estimate of drug-likeness (QED) is 0.712. The summed E-state index contributed by atoms with van der Waals surface area (Å²) >= 11 is 0. The summed E-state index contributed by atoms with van der Waals surface area (Å²) in [4.78, 5) is 0. The van der Waals surface area contributed by atoms with Crippen LogP contribution in [0.1, 0.15) is 26.2 Å². The molecule has 78 valence electrons. The van der Waals surface area contributed by atoms with Crippen molar-refractivity contribution in [3.8, 4) is 5.69 Å². The Bertz CT molecular complexity index is 440. The summed E-state index contributed by atoms with van der Waals surface area (Å²) in [6, 6.07) is 10.2. The van der Waals surface area contributed by atoms with Gasteiger partial charge in [-0.25, -0.2) is 4.68 Å². The average molecular weight is 218 g/mol. The van der Waals surface area contributed by atoms with Crippen LogP contribution < -0.4 is 0 Å². The number of hydrogen-bond donors (Lipinski definition) is 0. The van der Waals surface area contributed by atoms with Gasteiger partial charge < -0.3 is 0 Å². The van der Waals surface area contributed by atoms with Gasteiger partial charge in [0.2, 0.25) is 0 Å². The SMILES string of the molecule is CC(C)(C)c1nn(-c2ccccc2)cp1. The summed E-state index contributed by atoms with van der Waals surface area (Å²) < 4.78 is 1.96. The minimum atomic E-state index is 0.154. The van der Waals surface area contributed by atoms with Crippen LogP contribution in [0, 0.1) is 0 Å². The monoisotopic (exact) mass is 218 g/mol. The van der Waals surface area contributed by atoms with Crippen LogP contribution in [0.4, 0.5) is 0 Å². The van der Waals surface area contributed by atoms with E-state index in [4.69, 9.17) is 0 Å². The molecule has 0 atom stereocenters. The summed E-state index contributed by atoms with van der Waals surface area (Å²) in [5.74, 6) is 2.11. The topological polar surface area (TPSA) is 17.8 Å². The van der Waals surface area contributed by atoms with Gasteiger partial charge in [0.25, 0.3) is 0 Å². The molecule has 2 aromatic rings. The van der Waals surface area contributed by atoms with Gasteiger partial charge in [-0.15, -0.1) is 0 Å². The van der Waals surface area contributed by atoms with Crippen molar-refractivity contribution in [2.45, 2.75) is 26.2 Å². The number of para-hydroxylation sites is 1. The predicted molar refractivity (Wildman–Crippen MR) is 64.8 cm³/mol. The third-order valence-corrected chi connectivity index (χ3v) is 3.52. The Balaban J connectivity index is 2.37. The molecular weight excluding hydrogens is 203 g/mol. The number of hydrogen-bond acceptors (Lipinski definition) is 1. The minimum absolute atomic E-state index is 0.154. The lowest BCUT2D eigenvalue weighted by molar-refractivity contribution is 0.570. The van der Waals surface area contributed by atoms with E-state index in [0.29, 0.717) is 0 Å². The normalized spacial score (nSPS) is 12.2. The zero-order valence-electron chi connectivity index (χ0n) is 9.31. The van der Waals surface area contributed by atoms with Crippen molar-refractivity contribution in [3.05, 3.63) is 41.7 Å². The maximum absolute atomic E-state index is 4.61. The molecule has 0 spiro atoms. The fourth-order valence-electron chi connectivity index (χ4n) is 1.31. The van der Waals surface area contributed by atoms with Crippen LogP contribution in [-0.4, -0.2) is 9.78 Å².